The van der Waals surface area contributed by atoms with E-state index in [9.17, 15) is 4.79 Å². The van der Waals surface area contributed by atoms with Gasteiger partial charge in [-0.1, -0.05) is 32.4 Å². The van der Waals surface area contributed by atoms with Crippen LogP contribution in [0.4, 0.5) is 0 Å². The van der Waals surface area contributed by atoms with Crippen LogP contribution in [0.1, 0.15) is 43.5 Å². The van der Waals surface area contributed by atoms with E-state index in [-0.39, 0.29) is 5.97 Å². The van der Waals surface area contributed by atoms with Gasteiger partial charge in [0, 0.05) is 5.56 Å². The van der Waals surface area contributed by atoms with Gasteiger partial charge in [0.25, 0.3) is 0 Å². The number of hydrogen-bond donors (Lipinski definition) is 0. The first kappa shape index (κ1) is 18.8. The Labute approximate surface area is 149 Å². The molecule has 0 saturated heterocycles. The molecule has 0 amide bonds. The number of unbranched alkanes of at least 4 members (excludes halogenated alkanes) is 1. The van der Waals surface area contributed by atoms with Crippen LogP contribution < -0.4 is 9.47 Å². The van der Waals surface area contributed by atoms with Crippen LogP contribution in [0, 0.1) is 0 Å². The summed E-state index contributed by atoms with van der Waals surface area (Å²) in [6.07, 6.45) is 2.81. The molecule has 0 saturated carbocycles. The molecule has 0 unspecified atom stereocenters. The van der Waals surface area contributed by atoms with Gasteiger partial charge in [0.15, 0.2) is 0 Å². The number of rotatable bonds is 9. The average Bonchev–Trinajstić information content (AvgIpc) is 2.66. The normalized spacial score (nSPS) is 10.4. The van der Waals surface area contributed by atoms with Gasteiger partial charge >= 0.3 is 5.97 Å². The molecule has 0 spiro atoms. The molecule has 0 fully saturated rings. The van der Waals surface area contributed by atoms with Crippen LogP contribution in [0.2, 0.25) is 0 Å². The molecule has 2 rings (SSSR count). The fourth-order valence-electron chi connectivity index (χ4n) is 2.40. The van der Waals surface area contributed by atoms with Gasteiger partial charge < -0.3 is 14.2 Å². The van der Waals surface area contributed by atoms with E-state index in [1.165, 1.54) is 0 Å². The molecule has 0 heterocycles. The quantitative estimate of drug-likeness (QED) is 0.469. The highest BCUT2D eigenvalue weighted by molar-refractivity contribution is 5.91. The highest BCUT2D eigenvalue weighted by atomic mass is 16.5. The second-order valence-electron chi connectivity index (χ2n) is 5.78. The molecule has 0 atom stereocenters. The summed E-state index contributed by atoms with van der Waals surface area (Å²) >= 11 is 0. The maximum atomic E-state index is 12.1. The monoisotopic (exact) mass is 342 g/mol. The van der Waals surface area contributed by atoms with Crippen molar-refractivity contribution in [1.29, 1.82) is 0 Å². The summed E-state index contributed by atoms with van der Waals surface area (Å²) in [6.45, 7) is 5.12. The maximum Gasteiger partial charge on any atom is 0.338 e. The van der Waals surface area contributed by atoms with Gasteiger partial charge in [-0.05, 0) is 48.7 Å². The Morgan fingerprint density at radius 2 is 1.84 bits per heavy atom. The summed E-state index contributed by atoms with van der Waals surface area (Å²) < 4.78 is 16.5. The van der Waals surface area contributed by atoms with Gasteiger partial charge in [0.05, 0.1) is 25.9 Å². The van der Waals surface area contributed by atoms with E-state index < -0.39 is 0 Å². The van der Waals surface area contributed by atoms with Crippen molar-refractivity contribution in [3.05, 3.63) is 48.0 Å². The first-order chi connectivity index (χ1) is 12.2. The Morgan fingerprint density at radius 1 is 1.00 bits per heavy atom. The van der Waals surface area contributed by atoms with Crippen molar-refractivity contribution in [2.75, 3.05) is 20.3 Å². The van der Waals surface area contributed by atoms with Crippen LogP contribution in [-0.2, 0) is 4.74 Å². The smallest absolute Gasteiger partial charge is 0.338 e. The average molecular weight is 342 g/mol. The molecule has 134 valence electrons. The topological polar surface area (TPSA) is 44.8 Å². The van der Waals surface area contributed by atoms with E-state index in [2.05, 4.69) is 6.92 Å². The predicted octanol–water partition coefficient (Wildman–Crippen LogP) is 5.11. The van der Waals surface area contributed by atoms with Gasteiger partial charge in [-0.3, -0.25) is 0 Å². The van der Waals surface area contributed by atoms with Crippen molar-refractivity contribution in [2.24, 2.45) is 0 Å². The van der Waals surface area contributed by atoms with Crippen molar-refractivity contribution < 1.29 is 19.0 Å². The third-order valence-corrected chi connectivity index (χ3v) is 3.79. The molecular formula is C21H26O4. The standard InChI is InChI=1S/C21H26O4/c1-4-6-13-24-20-15-17(21(22)25-12-5-2)10-11-19(20)16-8-7-9-18(14-16)23-3/h7-11,14-15H,4-6,12-13H2,1-3H3. The minimum absolute atomic E-state index is 0.320. The van der Waals surface area contributed by atoms with Crippen molar-refractivity contribution in [2.45, 2.75) is 33.1 Å². The Bertz CT molecular complexity index is 694. The van der Waals surface area contributed by atoms with Crippen molar-refractivity contribution in [3.63, 3.8) is 0 Å². The molecule has 0 aliphatic rings. The lowest BCUT2D eigenvalue weighted by Gasteiger charge is -2.14. The number of carbonyl (C=O) groups is 1. The summed E-state index contributed by atoms with van der Waals surface area (Å²) in [5, 5.41) is 0. The zero-order valence-corrected chi connectivity index (χ0v) is 15.2. The first-order valence-corrected chi connectivity index (χ1v) is 8.78. The molecule has 0 aliphatic carbocycles. The molecule has 25 heavy (non-hydrogen) atoms. The van der Waals surface area contributed by atoms with E-state index in [0.29, 0.717) is 24.5 Å². The predicted molar refractivity (Wildman–Crippen MR) is 99.4 cm³/mol. The highest BCUT2D eigenvalue weighted by Gasteiger charge is 2.13. The van der Waals surface area contributed by atoms with Gasteiger partial charge in [-0.2, -0.15) is 0 Å². The van der Waals surface area contributed by atoms with Crippen LogP contribution >= 0.6 is 0 Å². The second-order valence-corrected chi connectivity index (χ2v) is 5.78. The Balaban J connectivity index is 2.34. The zero-order chi connectivity index (χ0) is 18.1. The third kappa shape index (κ3) is 5.24. The molecule has 2 aromatic carbocycles. The molecule has 0 aromatic heterocycles. The lowest BCUT2D eigenvalue weighted by molar-refractivity contribution is 0.0504. The van der Waals surface area contributed by atoms with E-state index in [1.54, 1.807) is 19.2 Å². The molecule has 0 radical (unpaired) electrons. The molecule has 0 aliphatic heterocycles. The SMILES string of the molecule is CCCCOc1cc(C(=O)OCCC)ccc1-c1cccc(OC)c1. The van der Waals surface area contributed by atoms with Gasteiger partial charge in [0.1, 0.15) is 11.5 Å². The van der Waals surface area contributed by atoms with Crippen LogP contribution in [0.15, 0.2) is 42.5 Å². The van der Waals surface area contributed by atoms with E-state index >= 15 is 0 Å². The summed E-state index contributed by atoms with van der Waals surface area (Å²) in [6, 6.07) is 13.2. The number of benzene rings is 2. The number of ether oxygens (including phenoxy) is 3. The number of hydrogen-bond acceptors (Lipinski definition) is 4. The molecule has 0 N–H and O–H groups in total. The van der Waals surface area contributed by atoms with E-state index in [0.717, 1.165) is 36.1 Å². The second kappa shape index (κ2) is 9.72. The zero-order valence-electron chi connectivity index (χ0n) is 15.2. The van der Waals surface area contributed by atoms with E-state index in [1.807, 2.05) is 37.3 Å². The van der Waals surface area contributed by atoms with Crippen LogP contribution in [0.5, 0.6) is 11.5 Å². The summed E-state index contributed by atoms with van der Waals surface area (Å²) in [4.78, 5) is 12.1. The maximum absolute atomic E-state index is 12.1. The molecule has 4 nitrogen and oxygen atoms in total. The van der Waals surface area contributed by atoms with Crippen LogP contribution in [-0.4, -0.2) is 26.3 Å². The Kier molecular flexibility index (Phi) is 7.33. The molecule has 4 heteroatoms. The van der Waals surface area contributed by atoms with Crippen LogP contribution in [0.3, 0.4) is 0 Å². The van der Waals surface area contributed by atoms with Crippen LogP contribution in [0.25, 0.3) is 11.1 Å². The molecule has 0 bridgehead atoms. The largest absolute Gasteiger partial charge is 0.497 e. The van der Waals surface area contributed by atoms with E-state index in [4.69, 9.17) is 14.2 Å². The van der Waals surface area contributed by atoms with Crippen molar-refractivity contribution in [1.82, 2.24) is 0 Å². The lowest BCUT2D eigenvalue weighted by Crippen LogP contribution is -2.07. The number of methoxy groups -OCH3 is 1. The number of carbonyl (C=O) groups excluding carboxylic acids is 1. The fraction of sp³-hybridized carbons (Fsp3) is 0.381. The minimum atomic E-state index is -0.320. The van der Waals surface area contributed by atoms with Gasteiger partial charge in [0.2, 0.25) is 0 Å². The Hall–Kier alpha value is -2.49. The fourth-order valence-corrected chi connectivity index (χ4v) is 2.40. The van der Waals surface area contributed by atoms with Gasteiger partial charge in [-0.25, -0.2) is 4.79 Å². The minimum Gasteiger partial charge on any atom is -0.497 e. The molecular weight excluding hydrogens is 316 g/mol. The number of esters is 1. The van der Waals surface area contributed by atoms with Crippen molar-refractivity contribution >= 4 is 5.97 Å². The Morgan fingerprint density at radius 3 is 2.56 bits per heavy atom. The summed E-state index contributed by atoms with van der Waals surface area (Å²) in [5.41, 5.74) is 2.42. The molecule has 2 aromatic rings. The van der Waals surface area contributed by atoms with Gasteiger partial charge in [-0.15, -0.1) is 0 Å². The summed E-state index contributed by atoms with van der Waals surface area (Å²) in [7, 11) is 1.64. The third-order valence-electron chi connectivity index (χ3n) is 3.79. The lowest BCUT2D eigenvalue weighted by atomic mass is 10.0. The van der Waals surface area contributed by atoms with Crippen molar-refractivity contribution in [3.8, 4) is 22.6 Å². The highest BCUT2D eigenvalue weighted by Crippen LogP contribution is 2.33. The first-order valence-electron chi connectivity index (χ1n) is 8.78. The summed E-state index contributed by atoms with van der Waals surface area (Å²) in [5.74, 6) is 1.15.